The number of pyridine rings is 1. The van der Waals surface area contributed by atoms with E-state index in [0.29, 0.717) is 23.6 Å². The number of hydrogen-bond donors (Lipinski definition) is 2. The zero-order chi connectivity index (χ0) is 25.2. The first kappa shape index (κ1) is 24.7. The van der Waals surface area contributed by atoms with Crippen LogP contribution in [0.25, 0.3) is 10.1 Å². The number of anilines is 2. The van der Waals surface area contributed by atoms with Gasteiger partial charge in [0.2, 0.25) is 0 Å². The van der Waals surface area contributed by atoms with Gasteiger partial charge in [-0.3, -0.25) is 14.9 Å². The van der Waals surface area contributed by atoms with E-state index < -0.39 is 23.5 Å². The smallest absolute Gasteiger partial charge is 0.413 e. The second-order valence-electron chi connectivity index (χ2n) is 9.67. The Hall–Kier alpha value is -3.46. The summed E-state index contributed by atoms with van der Waals surface area (Å²) in [5.41, 5.74) is 1.47. The number of hydrogen-bond acceptors (Lipinski definition) is 6. The number of rotatable bonds is 3. The van der Waals surface area contributed by atoms with Crippen molar-refractivity contribution in [2.24, 2.45) is 0 Å². The van der Waals surface area contributed by atoms with Crippen molar-refractivity contribution >= 4 is 50.8 Å². The zero-order valence-electron chi connectivity index (χ0n) is 20.4. The van der Waals surface area contributed by atoms with Crippen LogP contribution >= 0.6 is 11.3 Å². The first-order valence-electron chi connectivity index (χ1n) is 11.7. The molecule has 3 amide bonds. The number of piperidine rings is 1. The summed E-state index contributed by atoms with van der Waals surface area (Å²) < 4.78 is 6.42. The van der Waals surface area contributed by atoms with Crippen LogP contribution in [0.1, 0.15) is 57.2 Å². The molecule has 35 heavy (non-hydrogen) atoms. The number of nitrogens with one attached hydrogen (secondary N) is 2. The number of fused-ring (bicyclic) bond motifs is 1. The molecule has 1 atom stereocenters. The van der Waals surface area contributed by atoms with Gasteiger partial charge < -0.3 is 15.0 Å². The second-order valence-corrected chi connectivity index (χ2v) is 10.6. The number of ether oxygens (including phenoxy) is 1. The Morgan fingerprint density at radius 2 is 1.91 bits per heavy atom. The first-order valence-corrected chi connectivity index (χ1v) is 12.5. The van der Waals surface area contributed by atoms with Gasteiger partial charge >= 0.3 is 17.9 Å². The molecule has 8 nitrogen and oxygen atoms in total. The van der Waals surface area contributed by atoms with E-state index in [1.165, 1.54) is 10.9 Å². The Labute approximate surface area is 208 Å². The highest BCUT2D eigenvalue weighted by molar-refractivity contribution is 7.17. The average molecular weight is 495 g/mol. The number of thiophene rings is 1. The van der Waals surface area contributed by atoms with E-state index >= 15 is 0 Å². The van der Waals surface area contributed by atoms with Crippen molar-refractivity contribution in [1.29, 1.82) is 0 Å². The molecule has 9 heteroatoms. The van der Waals surface area contributed by atoms with Gasteiger partial charge in [0.05, 0.1) is 17.9 Å². The normalized spacial score (nSPS) is 16.1. The number of aromatic nitrogens is 1. The van der Waals surface area contributed by atoms with E-state index in [1.54, 1.807) is 50.0 Å². The van der Waals surface area contributed by atoms with E-state index in [1.807, 2.05) is 12.1 Å². The molecule has 0 spiro atoms. The van der Waals surface area contributed by atoms with Crippen LogP contribution in [-0.4, -0.2) is 39.9 Å². The van der Waals surface area contributed by atoms with Crippen LogP contribution in [0.2, 0.25) is 0 Å². The predicted molar refractivity (Wildman–Crippen MR) is 138 cm³/mol. The molecule has 1 saturated heterocycles. The number of aryl methyl sites for hydroxylation is 1. The summed E-state index contributed by atoms with van der Waals surface area (Å²) in [6.45, 7) is 7.61. The van der Waals surface area contributed by atoms with Crippen LogP contribution in [0.15, 0.2) is 41.9 Å². The highest BCUT2D eigenvalue weighted by atomic mass is 32.1. The van der Waals surface area contributed by atoms with Gasteiger partial charge in [0, 0.05) is 11.2 Å². The largest absolute Gasteiger partial charge is 0.444 e. The average Bonchev–Trinajstić information content (AvgIpc) is 3.23. The molecule has 2 N–H and O–H groups in total. The molecule has 0 aliphatic carbocycles. The number of likely N-dealkylation sites (tertiary alicyclic amines) is 1. The van der Waals surface area contributed by atoms with Crippen LogP contribution < -0.4 is 10.6 Å². The van der Waals surface area contributed by atoms with E-state index in [2.05, 4.69) is 33.1 Å². The third kappa shape index (κ3) is 5.79. The highest BCUT2D eigenvalue weighted by Gasteiger charge is 2.33. The topological polar surface area (TPSA) is 101 Å². The van der Waals surface area contributed by atoms with Crippen LogP contribution in [-0.2, 0) is 14.3 Å². The summed E-state index contributed by atoms with van der Waals surface area (Å²) in [5, 5.41) is 8.50. The SMILES string of the molecule is Cc1cc(NC(=O)C(=O)N2CCCCC2c2csc3ccccc23)cnc1NC(=O)OC(C)(C)C. The fourth-order valence-corrected chi connectivity index (χ4v) is 5.25. The fraction of sp³-hybridized carbons (Fsp3) is 0.385. The fourth-order valence-electron chi connectivity index (χ4n) is 4.24. The molecule has 1 fully saturated rings. The minimum absolute atomic E-state index is 0.126. The number of nitrogens with zero attached hydrogens (tertiary/aromatic N) is 2. The third-order valence-corrected chi connectivity index (χ3v) is 6.77. The van der Waals surface area contributed by atoms with Crippen molar-refractivity contribution in [3.8, 4) is 0 Å². The van der Waals surface area contributed by atoms with Crippen LogP contribution in [0.5, 0.6) is 0 Å². The van der Waals surface area contributed by atoms with Gasteiger partial charge in [-0.15, -0.1) is 11.3 Å². The van der Waals surface area contributed by atoms with Crippen molar-refractivity contribution in [1.82, 2.24) is 9.88 Å². The lowest BCUT2D eigenvalue weighted by Gasteiger charge is -2.35. The van der Waals surface area contributed by atoms with Crippen LogP contribution in [0.3, 0.4) is 0 Å². The van der Waals surface area contributed by atoms with Crippen molar-refractivity contribution in [2.45, 2.75) is 58.6 Å². The van der Waals surface area contributed by atoms with Crippen molar-refractivity contribution in [3.63, 3.8) is 0 Å². The summed E-state index contributed by atoms with van der Waals surface area (Å²) in [4.78, 5) is 44.0. The quantitative estimate of drug-likeness (QED) is 0.459. The number of carbonyl (C=O) groups excluding carboxylic acids is 3. The van der Waals surface area contributed by atoms with Crippen LogP contribution in [0.4, 0.5) is 16.3 Å². The van der Waals surface area contributed by atoms with E-state index in [4.69, 9.17) is 4.74 Å². The van der Waals surface area contributed by atoms with Gasteiger partial charge in [-0.1, -0.05) is 18.2 Å². The summed E-state index contributed by atoms with van der Waals surface area (Å²) >= 11 is 1.66. The van der Waals surface area contributed by atoms with Gasteiger partial charge in [-0.05, 0) is 81.0 Å². The Morgan fingerprint density at radius 3 is 2.66 bits per heavy atom. The van der Waals surface area contributed by atoms with Crippen LogP contribution in [0, 0.1) is 6.92 Å². The lowest BCUT2D eigenvalue weighted by molar-refractivity contribution is -0.145. The molecule has 1 unspecified atom stereocenters. The molecule has 0 saturated carbocycles. The Bertz CT molecular complexity index is 1260. The molecule has 0 radical (unpaired) electrons. The van der Waals surface area contributed by atoms with Gasteiger partial charge in [0.1, 0.15) is 11.4 Å². The maximum Gasteiger partial charge on any atom is 0.413 e. The highest BCUT2D eigenvalue weighted by Crippen LogP contribution is 2.38. The molecule has 1 aliphatic rings. The summed E-state index contributed by atoms with van der Waals surface area (Å²) in [5.74, 6) is -0.937. The third-order valence-electron chi connectivity index (χ3n) is 5.78. The molecule has 1 aliphatic heterocycles. The maximum atomic E-state index is 13.2. The summed E-state index contributed by atoms with van der Waals surface area (Å²) in [7, 11) is 0. The molecule has 184 valence electrons. The Morgan fingerprint density at radius 1 is 1.14 bits per heavy atom. The number of benzene rings is 1. The zero-order valence-corrected chi connectivity index (χ0v) is 21.2. The molecular formula is C26H30N4O4S. The van der Waals surface area contributed by atoms with Crippen molar-refractivity contribution in [3.05, 3.63) is 53.0 Å². The van der Waals surface area contributed by atoms with Gasteiger partial charge in [-0.25, -0.2) is 9.78 Å². The summed E-state index contributed by atoms with van der Waals surface area (Å²) in [6, 6.07) is 9.67. The Kier molecular flexibility index (Phi) is 7.07. The molecular weight excluding hydrogens is 464 g/mol. The molecule has 3 heterocycles. The van der Waals surface area contributed by atoms with Crippen molar-refractivity contribution < 1.29 is 19.1 Å². The standard InChI is InChI=1S/C26H30N4O4S/c1-16-13-17(14-27-22(16)29-25(33)34-26(2,3)4)28-23(31)24(32)30-12-8-7-10-20(30)19-15-35-21-11-6-5-9-18(19)21/h5-6,9,11,13-15,20H,7-8,10,12H2,1-4H3,(H,28,31)(H,27,29,33). The lowest BCUT2D eigenvalue weighted by Crippen LogP contribution is -2.44. The minimum Gasteiger partial charge on any atom is -0.444 e. The second kappa shape index (κ2) is 10.0. The Balaban J connectivity index is 1.46. The van der Waals surface area contributed by atoms with Gasteiger partial charge in [0.15, 0.2) is 0 Å². The molecule has 3 aromatic rings. The van der Waals surface area contributed by atoms with E-state index in [9.17, 15) is 14.4 Å². The predicted octanol–water partition coefficient (Wildman–Crippen LogP) is 5.64. The minimum atomic E-state index is -0.703. The molecule has 4 rings (SSSR count). The maximum absolute atomic E-state index is 13.2. The first-order chi connectivity index (χ1) is 16.6. The van der Waals surface area contributed by atoms with Crippen molar-refractivity contribution in [2.75, 3.05) is 17.2 Å². The number of carbonyl (C=O) groups is 3. The number of amides is 3. The van der Waals surface area contributed by atoms with Gasteiger partial charge in [-0.2, -0.15) is 0 Å². The molecule has 1 aromatic carbocycles. The van der Waals surface area contributed by atoms with E-state index in [-0.39, 0.29) is 6.04 Å². The van der Waals surface area contributed by atoms with Gasteiger partial charge in [0.25, 0.3) is 0 Å². The monoisotopic (exact) mass is 494 g/mol. The molecule has 0 bridgehead atoms. The summed E-state index contributed by atoms with van der Waals surface area (Å²) in [6.07, 6.45) is 3.49. The van der Waals surface area contributed by atoms with E-state index in [0.717, 1.165) is 30.2 Å². The lowest BCUT2D eigenvalue weighted by atomic mass is 9.94. The molecule has 2 aromatic heterocycles.